The number of benzene rings is 1. The van der Waals surface area contributed by atoms with Gasteiger partial charge in [-0.05, 0) is 18.4 Å². The molecule has 128 valence electrons. The summed E-state index contributed by atoms with van der Waals surface area (Å²) in [5.74, 6) is 0.0773. The van der Waals surface area contributed by atoms with Crippen LogP contribution < -0.4 is 5.32 Å². The van der Waals surface area contributed by atoms with Crippen molar-refractivity contribution in [1.82, 2.24) is 15.1 Å². The minimum atomic E-state index is -0.354. The second-order valence-electron chi connectivity index (χ2n) is 6.41. The van der Waals surface area contributed by atoms with E-state index in [1.54, 1.807) is 0 Å². The molecule has 24 heavy (non-hydrogen) atoms. The van der Waals surface area contributed by atoms with Gasteiger partial charge in [0, 0.05) is 32.7 Å². The van der Waals surface area contributed by atoms with E-state index in [-0.39, 0.29) is 24.3 Å². The van der Waals surface area contributed by atoms with Crippen molar-refractivity contribution in [2.45, 2.75) is 25.3 Å². The van der Waals surface area contributed by atoms with Crippen molar-refractivity contribution in [1.29, 1.82) is 0 Å². The van der Waals surface area contributed by atoms with Crippen molar-refractivity contribution in [3.8, 4) is 0 Å². The highest BCUT2D eigenvalue weighted by atomic mass is 16.2. The fourth-order valence-corrected chi connectivity index (χ4v) is 3.35. The van der Waals surface area contributed by atoms with E-state index in [1.165, 1.54) is 0 Å². The molecule has 1 atom stereocenters. The van der Waals surface area contributed by atoms with E-state index in [0.717, 1.165) is 38.0 Å². The summed E-state index contributed by atoms with van der Waals surface area (Å²) >= 11 is 0. The third-order valence-electron chi connectivity index (χ3n) is 4.72. The van der Waals surface area contributed by atoms with Gasteiger partial charge in [-0.1, -0.05) is 42.5 Å². The largest absolute Gasteiger partial charge is 0.353 e. The van der Waals surface area contributed by atoms with Gasteiger partial charge in [0.05, 0.1) is 12.5 Å². The number of nitrogens with zero attached hydrogens (tertiary/aromatic N) is 2. The highest BCUT2D eigenvalue weighted by Gasteiger charge is 2.32. The van der Waals surface area contributed by atoms with Gasteiger partial charge in [0.25, 0.3) is 0 Å². The molecule has 1 aromatic rings. The van der Waals surface area contributed by atoms with E-state index in [0.29, 0.717) is 13.1 Å². The zero-order chi connectivity index (χ0) is 16.8. The molecule has 2 heterocycles. The van der Waals surface area contributed by atoms with Crippen molar-refractivity contribution < 1.29 is 9.59 Å². The quantitative estimate of drug-likeness (QED) is 0.892. The van der Waals surface area contributed by atoms with Crippen LogP contribution in [0.25, 0.3) is 6.08 Å². The Bertz CT molecular complexity index is 594. The van der Waals surface area contributed by atoms with E-state index < -0.39 is 0 Å². The number of hydrogen-bond donors (Lipinski definition) is 1. The molecule has 5 nitrogen and oxygen atoms in total. The topological polar surface area (TPSA) is 52.7 Å². The Morgan fingerprint density at radius 2 is 1.92 bits per heavy atom. The summed E-state index contributed by atoms with van der Waals surface area (Å²) in [5.41, 5.74) is 1.14. The van der Waals surface area contributed by atoms with Crippen molar-refractivity contribution in [2.75, 3.05) is 32.7 Å². The maximum absolute atomic E-state index is 12.4. The Hall–Kier alpha value is -2.14. The molecule has 2 fully saturated rings. The summed E-state index contributed by atoms with van der Waals surface area (Å²) in [6.07, 6.45) is 6.57. The number of carbonyl (C=O) groups excluding carboxylic acids is 2. The van der Waals surface area contributed by atoms with Crippen LogP contribution >= 0.6 is 0 Å². The van der Waals surface area contributed by atoms with Gasteiger partial charge in [-0.2, -0.15) is 0 Å². The van der Waals surface area contributed by atoms with Crippen molar-refractivity contribution in [3.63, 3.8) is 0 Å². The van der Waals surface area contributed by atoms with E-state index in [9.17, 15) is 9.59 Å². The first-order valence-electron chi connectivity index (χ1n) is 8.75. The summed E-state index contributed by atoms with van der Waals surface area (Å²) in [7, 11) is 0. The van der Waals surface area contributed by atoms with Crippen LogP contribution in [-0.4, -0.2) is 60.4 Å². The number of amides is 2. The van der Waals surface area contributed by atoms with Crippen LogP contribution in [0, 0.1) is 0 Å². The third-order valence-corrected chi connectivity index (χ3v) is 4.72. The van der Waals surface area contributed by atoms with Gasteiger partial charge < -0.3 is 10.2 Å². The number of piperazine rings is 1. The van der Waals surface area contributed by atoms with Gasteiger partial charge >= 0.3 is 0 Å². The Labute approximate surface area is 143 Å². The van der Waals surface area contributed by atoms with Crippen LogP contribution in [0.1, 0.15) is 24.8 Å². The summed E-state index contributed by atoms with van der Waals surface area (Å²) in [4.78, 5) is 28.6. The fraction of sp³-hybridized carbons (Fsp3) is 0.474. The first-order valence-corrected chi connectivity index (χ1v) is 8.75. The van der Waals surface area contributed by atoms with Crippen LogP contribution in [-0.2, 0) is 9.59 Å². The molecule has 0 bridgehead atoms. The van der Waals surface area contributed by atoms with Crippen LogP contribution in [0.15, 0.2) is 36.4 Å². The molecule has 3 rings (SSSR count). The Morgan fingerprint density at radius 3 is 2.67 bits per heavy atom. The van der Waals surface area contributed by atoms with Gasteiger partial charge in [0.1, 0.15) is 0 Å². The molecule has 2 aliphatic heterocycles. The van der Waals surface area contributed by atoms with Gasteiger partial charge in [-0.15, -0.1) is 0 Å². The Balaban J connectivity index is 1.60. The highest BCUT2D eigenvalue weighted by Crippen LogP contribution is 2.15. The number of rotatable bonds is 5. The summed E-state index contributed by atoms with van der Waals surface area (Å²) in [6.45, 7) is 3.78. The summed E-state index contributed by atoms with van der Waals surface area (Å²) in [6, 6.07) is 9.75. The second-order valence-corrected chi connectivity index (χ2v) is 6.41. The zero-order valence-corrected chi connectivity index (χ0v) is 14.0. The monoisotopic (exact) mass is 327 g/mol. The fourth-order valence-electron chi connectivity index (χ4n) is 3.35. The average Bonchev–Trinajstić information content (AvgIpc) is 3.13. The maximum Gasteiger partial charge on any atom is 0.237 e. The first-order chi connectivity index (χ1) is 11.7. The summed E-state index contributed by atoms with van der Waals surface area (Å²) in [5, 5.41) is 2.89. The molecule has 2 saturated heterocycles. The third kappa shape index (κ3) is 4.23. The van der Waals surface area contributed by atoms with Gasteiger partial charge in [-0.3, -0.25) is 14.5 Å². The van der Waals surface area contributed by atoms with E-state index in [2.05, 4.69) is 22.4 Å². The molecule has 0 spiro atoms. The first kappa shape index (κ1) is 16.7. The number of carbonyl (C=O) groups is 2. The van der Waals surface area contributed by atoms with E-state index in [1.807, 2.05) is 35.2 Å². The normalized spacial score (nSPS) is 22.1. The van der Waals surface area contributed by atoms with Gasteiger partial charge in [0.15, 0.2) is 0 Å². The van der Waals surface area contributed by atoms with Crippen molar-refractivity contribution >= 4 is 17.9 Å². The number of hydrogen-bond acceptors (Lipinski definition) is 3. The predicted molar refractivity (Wildman–Crippen MR) is 94.3 cm³/mol. The molecule has 2 aliphatic rings. The molecule has 0 aromatic heterocycles. The maximum atomic E-state index is 12.4. The lowest BCUT2D eigenvalue weighted by Gasteiger charge is -2.34. The molecule has 1 N–H and O–H groups in total. The number of nitrogens with one attached hydrogen (secondary N) is 1. The molecular weight excluding hydrogens is 302 g/mol. The minimum absolute atomic E-state index is 0.0260. The molecular formula is C19H25N3O2. The smallest absolute Gasteiger partial charge is 0.237 e. The molecule has 2 amide bonds. The number of likely N-dealkylation sites (tertiary alicyclic amines) is 1. The molecule has 1 unspecified atom stereocenters. The lowest BCUT2D eigenvalue weighted by Crippen LogP contribution is -2.56. The zero-order valence-electron chi connectivity index (χ0n) is 14.0. The van der Waals surface area contributed by atoms with E-state index in [4.69, 9.17) is 0 Å². The highest BCUT2D eigenvalue weighted by molar-refractivity contribution is 5.89. The molecule has 0 aliphatic carbocycles. The molecule has 0 saturated carbocycles. The molecule has 0 radical (unpaired) electrons. The minimum Gasteiger partial charge on any atom is -0.353 e. The molecule has 5 heteroatoms. The SMILES string of the molecule is O=C1NCCN(CC=Cc2ccccc2)C1CC(=O)N1CCCC1. The molecule has 1 aromatic carbocycles. The van der Waals surface area contributed by atoms with Crippen molar-refractivity contribution in [3.05, 3.63) is 42.0 Å². The van der Waals surface area contributed by atoms with Crippen LogP contribution in [0.5, 0.6) is 0 Å². The second kappa shape index (κ2) is 8.11. The van der Waals surface area contributed by atoms with Crippen LogP contribution in [0.2, 0.25) is 0 Å². The average molecular weight is 327 g/mol. The van der Waals surface area contributed by atoms with Gasteiger partial charge in [-0.25, -0.2) is 0 Å². The lowest BCUT2D eigenvalue weighted by atomic mass is 10.1. The van der Waals surface area contributed by atoms with Crippen LogP contribution in [0.3, 0.4) is 0 Å². The Morgan fingerprint density at radius 1 is 1.17 bits per heavy atom. The standard InChI is InChI=1S/C19H25N3O2/c23-18(22-11-4-5-12-22)15-17-19(24)20-10-14-21(17)13-6-9-16-7-2-1-3-8-16/h1-3,6-9,17H,4-5,10-15H2,(H,20,24). The van der Waals surface area contributed by atoms with E-state index >= 15 is 0 Å². The summed E-state index contributed by atoms with van der Waals surface area (Å²) < 4.78 is 0. The van der Waals surface area contributed by atoms with Crippen LogP contribution in [0.4, 0.5) is 0 Å². The lowest BCUT2D eigenvalue weighted by molar-refractivity contribution is -0.138. The Kier molecular flexibility index (Phi) is 5.64. The van der Waals surface area contributed by atoms with Gasteiger partial charge in [0.2, 0.25) is 11.8 Å². The van der Waals surface area contributed by atoms with Crippen molar-refractivity contribution in [2.24, 2.45) is 0 Å². The predicted octanol–water partition coefficient (Wildman–Crippen LogP) is 1.51.